The number of hydrogen-bond acceptors (Lipinski definition) is 7. The van der Waals surface area contributed by atoms with Crippen LogP contribution >= 0.6 is 0 Å². The van der Waals surface area contributed by atoms with Crippen molar-refractivity contribution in [3.8, 4) is 17.1 Å². The first-order valence-electron chi connectivity index (χ1n) is 11.6. The van der Waals surface area contributed by atoms with Crippen molar-refractivity contribution in [1.29, 1.82) is 0 Å². The summed E-state index contributed by atoms with van der Waals surface area (Å²) >= 11 is 0. The van der Waals surface area contributed by atoms with Crippen molar-refractivity contribution < 1.29 is 24.2 Å². The number of fused-ring (bicyclic) bond motifs is 3. The Morgan fingerprint density at radius 3 is 2.47 bits per heavy atom. The number of anilines is 2. The van der Waals surface area contributed by atoms with Crippen LogP contribution in [0, 0.1) is 0 Å². The Bertz CT molecular complexity index is 1110. The van der Waals surface area contributed by atoms with Crippen LogP contribution in [-0.2, 0) is 4.74 Å². The number of nitrogens with one attached hydrogen (secondary N) is 1. The molecule has 2 fully saturated rings. The minimum absolute atomic E-state index is 0.153. The summed E-state index contributed by atoms with van der Waals surface area (Å²) in [5.74, 6) is 0.604. The minimum atomic E-state index is -1.14. The lowest BCUT2D eigenvalue weighted by molar-refractivity contribution is 0.0297. The van der Waals surface area contributed by atoms with Crippen molar-refractivity contribution in [2.45, 2.75) is 51.4 Å². The molecule has 2 atom stereocenters. The molecule has 0 radical (unpaired) electrons. The number of likely N-dealkylation sites (N-methyl/N-ethyl adjacent to an activating group) is 1. The molecule has 3 aliphatic rings. The molecule has 10 nitrogen and oxygen atoms in total. The van der Waals surface area contributed by atoms with Gasteiger partial charge in [-0.25, -0.2) is 9.78 Å². The van der Waals surface area contributed by atoms with Crippen molar-refractivity contribution in [3.05, 3.63) is 29.8 Å². The van der Waals surface area contributed by atoms with E-state index < -0.39 is 11.7 Å². The normalized spacial score (nSPS) is 23.2. The molecule has 0 aliphatic carbocycles. The maximum Gasteiger partial charge on any atom is 0.409 e. The summed E-state index contributed by atoms with van der Waals surface area (Å²) in [4.78, 5) is 38.1. The Labute approximate surface area is 197 Å². The second kappa shape index (κ2) is 8.43. The summed E-state index contributed by atoms with van der Waals surface area (Å²) in [6.07, 6.45) is 1.20. The molecule has 2 aromatic rings. The number of aromatic nitrogens is 2. The van der Waals surface area contributed by atoms with Gasteiger partial charge in [-0.15, -0.1) is 0 Å². The Balaban J connectivity index is 1.63. The molecule has 1 aromatic heterocycles. The Hall–Kier alpha value is -3.40. The molecular weight excluding hydrogens is 438 g/mol. The Kier molecular flexibility index (Phi) is 5.55. The molecule has 2 amide bonds. The lowest BCUT2D eigenvalue weighted by Gasteiger charge is -2.33. The number of benzene rings is 1. The third kappa shape index (κ3) is 4.25. The van der Waals surface area contributed by atoms with Crippen molar-refractivity contribution >= 4 is 23.6 Å². The Morgan fingerprint density at radius 1 is 1.18 bits per heavy atom. The number of ether oxygens (including phenoxy) is 2. The molecule has 5 rings (SSSR count). The van der Waals surface area contributed by atoms with Gasteiger partial charge in [0.05, 0.1) is 24.4 Å². The van der Waals surface area contributed by atoms with Crippen LogP contribution in [0.5, 0.6) is 5.88 Å². The molecule has 1 aromatic carbocycles. The zero-order valence-electron chi connectivity index (χ0n) is 19.6. The van der Waals surface area contributed by atoms with Crippen LogP contribution in [0.15, 0.2) is 24.3 Å². The van der Waals surface area contributed by atoms with Gasteiger partial charge in [-0.1, -0.05) is 12.1 Å². The lowest BCUT2D eigenvalue weighted by atomic mass is 10.0. The van der Waals surface area contributed by atoms with E-state index in [2.05, 4.69) is 10.2 Å². The van der Waals surface area contributed by atoms with Gasteiger partial charge in [0, 0.05) is 30.9 Å². The summed E-state index contributed by atoms with van der Waals surface area (Å²) in [6.45, 7) is 8.16. The topological polar surface area (TPSA) is 117 Å². The molecule has 2 saturated heterocycles. The standard InChI is InChI=1S/C24H29N5O5/c1-4-28-13-24(2,3)34-20-18(21(28)30)19(14-5-7-15(8-6-14)25-23(31)32)26-22(27-20)29-11-16-9-10-17(12-29)33-16/h5-8,16-17,25H,4,9-13H2,1-3H3,(H,31,32). The SMILES string of the molecule is CCN1CC(C)(C)Oc2nc(N3CC4CCC(C3)O4)nc(-c3ccc(NC(=O)O)cc3)c2C1=O. The first-order chi connectivity index (χ1) is 16.2. The smallest absolute Gasteiger partial charge is 0.409 e. The summed E-state index contributed by atoms with van der Waals surface area (Å²) in [5, 5.41) is 11.3. The van der Waals surface area contributed by atoms with E-state index in [9.17, 15) is 9.59 Å². The zero-order valence-corrected chi connectivity index (χ0v) is 19.6. The maximum atomic E-state index is 13.6. The van der Waals surface area contributed by atoms with E-state index in [4.69, 9.17) is 24.5 Å². The van der Waals surface area contributed by atoms with Crippen molar-refractivity contribution in [2.75, 3.05) is 36.4 Å². The third-order valence-corrected chi connectivity index (χ3v) is 6.43. The molecule has 2 unspecified atom stereocenters. The van der Waals surface area contributed by atoms with E-state index in [1.165, 1.54) is 0 Å². The average Bonchev–Trinajstić information content (AvgIpc) is 3.08. The van der Waals surface area contributed by atoms with Crippen molar-refractivity contribution in [3.63, 3.8) is 0 Å². The number of rotatable bonds is 4. The lowest BCUT2D eigenvalue weighted by Crippen LogP contribution is -2.43. The highest BCUT2D eigenvalue weighted by Gasteiger charge is 2.39. The van der Waals surface area contributed by atoms with E-state index in [1.807, 2.05) is 20.8 Å². The average molecular weight is 468 g/mol. The second-order valence-corrected chi connectivity index (χ2v) is 9.60. The van der Waals surface area contributed by atoms with E-state index in [-0.39, 0.29) is 24.0 Å². The van der Waals surface area contributed by atoms with Gasteiger partial charge in [0.15, 0.2) is 0 Å². The fourth-order valence-electron chi connectivity index (χ4n) is 4.90. The highest BCUT2D eigenvalue weighted by Crippen LogP contribution is 2.37. The van der Waals surface area contributed by atoms with Crippen LogP contribution in [0.1, 0.15) is 44.0 Å². The maximum absolute atomic E-state index is 13.6. The molecule has 10 heteroatoms. The molecular formula is C24H29N5O5. The minimum Gasteiger partial charge on any atom is -0.469 e. The number of carbonyl (C=O) groups excluding carboxylic acids is 1. The molecule has 0 spiro atoms. The largest absolute Gasteiger partial charge is 0.469 e. The number of amides is 2. The molecule has 2 N–H and O–H groups in total. The van der Waals surface area contributed by atoms with Crippen LogP contribution in [0.3, 0.4) is 0 Å². The number of hydrogen-bond donors (Lipinski definition) is 2. The summed E-state index contributed by atoms with van der Waals surface area (Å²) in [7, 11) is 0. The van der Waals surface area contributed by atoms with Gasteiger partial charge < -0.3 is 24.4 Å². The molecule has 3 aliphatic heterocycles. The first kappa shape index (κ1) is 22.4. The molecule has 180 valence electrons. The predicted octanol–water partition coefficient (Wildman–Crippen LogP) is 3.23. The van der Waals surface area contributed by atoms with Gasteiger partial charge in [0.1, 0.15) is 11.2 Å². The van der Waals surface area contributed by atoms with Crippen LogP contribution in [0.4, 0.5) is 16.4 Å². The van der Waals surface area contributed by atoms with Crippen LogP contribution in [0.25, 0.3) is 11.3 Å². The highest BCUT2D eigenvalue weighted by molar-refractivity contribution is 6.02. The summed E-state index contributed by atoms with van der Waals surface area (Å²) in [5.41, 5.74) is 1.28. The van der Waals surface area contributed by atoms with Crippen LogP contribution in [-0.4, -0.2) is 76.0 Å². The van der Waals surface area contributed by atoms with Gasteiger partial charge in [0.2, 0.25) is 11.8 Å². The summed E-state index contributed by atoms with van der Waals surface area (Å²) in [6, 6.07) is 6.80. The fraction of sp³-hybridized carbons (Fsp3) is 0.500. The van der Waals surface area contributed by atoms with E-state index >= 15 is 0 Å². The molecule has 4 heterocycles. The summed E-state index contributed by atoms with van der Waals surface area (Å²) < 4.78 is 12.3. The van der Waals surface area contributed by atoms with Crippen molar-refractivity contribution in [2.24, 2.45) is 0 Å². The number of nitrogens with zero attached hydrogens (tertiary/aromatic N) is 4. The number of carbonyl (C=O) groups is 2. The Morgan fingerprint density at radius 2 is 1.85 bits per heavy atom. The fourth-order valence-corrected chi connectivity index (χ4v) is 4.90. The van der Waals surface area contributed by atoms with Gasteiger partial charge >= 0.3 is 6.09 Å². The van der Waals surface area contributed by atoms with Gasteiger partial charge in [0.25, 0.3) is 5.91 Å². The second-order valence-electron chi connectivity index (χ2n) is 9.60. The quantitative estimate of drug-likeness (QED) is 0.704. The molecule has 2 bridgehead atoms. The third-order valence-electron chi connectivity index (χ3n) is 6.43. The van der Waals surface area contributed by atoms with Crippen LogP contribution < -0.4 is 15.0 Å². The van der Waals surface area contributed by atoms with Crippen LogP contribution in [0.2, 0.25) is 0 Å². The number of carboxylic acid groups (broad SMARTS) is 1. The highest BCUT2D eigenvalue weighted by atomic mass is 16.5. The first-order valence-corrected chi connectivity index (χ1v) is 11.6. The molecule has 0 saturated carbocycles. The predicted molar refractivity (Wildman–Crippen MR) is 126 cm³/mol. The van der Waals surface area contributed by atoms with Gasteiger partial charge in [-0.05, 0) is 45.7 Å². The van der Waals surface area contributed by atoms with Crippen molar-refractivity contribution in [1.82, 2.24) is 14.9 Å². The zero-order chi connectivity index (χ0) is 24.0. The van der Waals surface area contributed by atoms with Gasteiger partial charge in [-0.2, -0.15) is 4.98 Å². The van der Waals surface area contributed by atoms with E-state index in [0.717, 1.165) is 12.8 Å². The van der Waals surface area contributed by atoms with Gasteiger partial charge in [-0.3, -0.25) is 10.1 Å². The van der Waals surface area contributed by atoms with E-state index in [1.54, 1.807) is 29.2 Å². The monoisotopic (exact) mass is 467 g/mol. The molecule has 34 heavy (non-hydrogen) atoms. The van der Waals surface area contributed by atoms with E-state index in [0.29, 0.717) is 54.6 Å². The number of morpholine rings is 1.